The van der Waals surface area contributed by atoms with E-state index in [4.69, 9.17) is 4.74 Å². The lowest BCUT2D eigenvalue weighted by Gasteiger charge is -2.37. The van der Waals surface area contributed by atoms with Crippen LogP contribution in [0.1, 0.15) is 76.0 Å². The minimum absolute atomic E-state index is 0.0732. The van der Waals surface area contributed by atoms with Crippen molar-refractivity contribution in [3.8, 4) is 0 Å². The third kappa shape index (κ3) is 4.74. The van der Waals surface area contributed by atoms with Gasteiger partial charge in [0.15, 0.2) is 0 Å². The molecule has 2 saturated heterocycles. The van der Waals surface area contributed by atoms with E-state index in [1.807, 2.05) is 0 Å². The molecule has 2 heterocycles. The monoisotopic (exact) mass is 408 g/mol. The van der Waals surface area contributed by atoms with Crippen LogP contribution >= 0.6 is 0 Å². The molecule has 2 unspecified atom stereocenters. The first kappa shape index (κ1) is 21.2. The van der Waals surface area contributed by atoms with Gasteiger partial charge in [-0.3, -0.25) is 14.9 Å². The molecule has 158 valence electrons. The number of likely N-dealkylation sites (tertiary alicyclic amines) is 1. The zero-order valence-electron chi connectivity index (χ0n) is 16.9. The quantitative estimate of drug-likeness (QED) is 0.752. The second-order valence-electron chi connectivity index (χ2n) is 8.58. The summed E-state index contributed by atoms with van der Waals surface area (Å²) in [6.45, 7) is 5.64. The Morgan fingerprint density at radius 2 is 1.76 bits per heavy atom. The number of benzene rings is 1. The maximum Gasteiger partial charge on any atom is 0.410 e. The summed E-state index contributed by atoms with van der Waals surface area (Å²) in [5, 5.41) is 2.16. The van der Waals surface area contributed by atoms with Gasteiger partial charge in [-0.1, -0.05) is 0 Å². The number of carbonyl (C=O) groups excluding carboxylic acids is 3. The summed E-state index contributed by atoms with van der Waals surface area (Å²) in [4.78, 5) is 37.4. The number of nitrogens with zero attached hydrogens (tertiary/aromatic N) is 1. The maximum absolute atomic E-state index is 15.0. The highest BCUT2D eigenvalue weighted by atomic mass is 19.1. The smallest absolute Gasteiger partial charge is 0.410 e. The van der Waals surface area contributed by atoms with Gasteiger partial charge in [0.2, 0.25) is 11.8 Å². The van der Waals surface area contributed by atoms with Gasteiger partial charge in [0, 0.05) is 24.1 Å². The number of rotatable bonds is 2. The fourth-order valence-corrected chi connectivity index (χ4v) is 3.88. The van der Waals surface area contributed by atoms with Crippen LogP contribution in [0, 0.1) is 11.6 Å². The van der Waals surface area contributed by atoms with E-state index >= 15 is 4.39 Å². The molecule has 6 nitrogen and oxygen atoms in total. The minimum Gasteiger partial charge on any atom is -0.444 e. The molecular formula is C21H26F2N2O4. The molecule has 3 rings (SSSR count). The molecule has 2 aliphatic heterocycles. The Labute approximate surface area is 168 Å². The molecule has 1 aromatic rings. The Kier molecular flexibility index (Phi) is 5.91. The number of amides is 3. The zero-order valence-corrected chi connectivity index (χ0v) is 16.9. The van der Waals surface area contributed by atoms with Crippen molar-refractivity contribution in [2.24, 2.45) is 0 Å². The molecule has 2 fully saturated rings. The molecule has 2 atom stereocenters. The fraction of sp³-hybridized carbons (Fsp3) is 0.571. The Bertz CT molecular complexity index is 835. The average molecular weight is 408 g/mol. The van der Waals surface area contributed by atoms with Crippen LogP contribution in [0.25, 0.3) is 0 Å². The number of ether oxygens (including phenoxy) is 1. The van der Waals surface area contributed by atoms with E-state index in [-0.39, 0.29) is 24.0 Å². The van der Waals surface area contributed by atoms with Gasteiger partial charge in [-0.05, 0) is 58.6 Å². The number of carbonyl (C=O) groups is 3. The SMILES string of the molecule is CC(C)(C)OC(=O)N1CCCCC1c1cc(F)c(C2CCC(=O)NC2=O)cc1F. The highest BCUT2D eigenvalue weighted by Crippen LogP contribution is 2.36. The van der Waals surface area contributed by atoms with Crippen LogP contribution in [0.2, 0.25) is 0 Å². The molecule has 0 spiro atoms. The molecule has 0 saturated carbocycles. The van der Waals surface area contributed by atoms with Gasteiger partial charge in [0.25, 0.3) is 0 Å². The van der Waals surface area contributed by atoms with Crippen molar-refractivity contribution in [2.75, 3.05) is 6.54 Å². The molecule has 1 aromatic carbocycles. The summed E-state index contributed by atoms with van der Waals surface area (Å²) >= 11 is 0. The van der Waals surface area contributed by atoms with E-state index in [1.54, 1.807) is 20.8 Å². The van der Waals surface area contributed by atoms with E-state index in [2.05, 4.69) is 5.32 Å². The summed E-state index contributed by atoms with van der Waals surface area (Å²) in [7, 11) is 0. The van der Waals surface area contributed by atoms with E-state index in [9.17, 15) is 18.8 Å². The lowest BCUT2D eigenvalue weighted by Crippen LogP contribution is -2.42. The van der Waals surface area contributed by atoms with E-state index in [0.29, 0.717) is 13.0 Å². The van der Waals surface area contributed by atoms with Crippen LogP contribution in [-0.2, 0) is 14.3 Å². The predicted octanol–water partition coefficient (Wildman–Crippen LogP) is 3.95. The highest BCUT2D eigenvalue weighted by Gasteiger charge is 2.35. The van der Waals surface area contributed by atoms with Gasteiger partial charge in [-0.15, -0.1) is 0 Å². The number of hydrogen-bond acceptors (Lipinski definition) is 4. The van der Waals surface area contributed by atoms with Crippen molar-refractivity contribution in [3.05, 3.63) is 34.9 Å². The first-order chi connectivity index (χ1) is 13.6. The van der Waals surface area contributed by atoms with Crippen molar-refractivity contribution in [1.29, 1.82) is 0 Å². The largest absolute Gasteiger partial charge is 0.444 e. The van der Waals surface area contributed by atoms with E-state index < -0.39 is 47.1 Å². The van der Waals surface area contributed by atoms with Gasteiger partial charge in [-0.25, -0.2) is 13.6 Å². The first-order valence-electron chi connectivity index (χ1n) is 9.89. The zero-order chi connectivity index (χ0) is 21.3. The highest BCUT2D eigenvalue weighted by molar-refractivity contribution is 6.00. The predicted molar refractivity (Wildman–Crippen MR) is 101 cm³/mol. The van der Waals surface area contributed by atoms with Gasteiger partial charge in [-0.2, -0.15) is 0 Å². The summed E-state index contributed by atoms with van der Waals surface area (Å²) in [5.41, 5.74) is -0.696. The number of imide groups is 1. The molecular weight excluding hydrogens is 382 g/mol. The van der Waals surface area contributed by atoms with Crippen molar-refractivity contribution in [1.82, 2.24) is 10.2 Å². The molecule has 0 aromatic heterocycles. The third-order valence-corrected chi connectivity index (χ3v) is 5.22. The molecule has 0 aliphatic carbocycles. The van der Waals surface area contributed by atoms with Crippen LogP contribution in [0.5, 0.6) is 0 Å². The first-order valence-corrected chi connectivity index (χ1v) is 9.89. The summed E-state index contributed by atoms with van der Waals surface area (Å²) < 4.78 is 35.3. The topological polar surface area (TPSA) is 75.7 Å². The summed E-state index contributed by atoms with van der Waals surface area (Å²) in [5.74, 6) is -3.35. The lowest BCUT2D eigenvalue weighted by atomic mass is 9.87. The fourth-order valence-electron chi connectivity index (χ4n) is 3.88. The normalized spacial score (nSPS) is 23.0. The molecule has 8 heteroatoms. The van der Waals surface area contributed by atoms with E-state index in [0.717, 1.165) is 25.0 Å². The Morgan fingerprint density at radius 1 is 1.10 bits per heavy atom. The number of halogens is 2. The minimum atomic E-state index is -0.912. The number of piperidine rings is 2. The van der Waals surface area contributed by atoms with Crippen LogP contribution in [0.3, 0.4) is 0 Å². The molecule has 0 bridgehead atoms. The summed E-state index contributed by atoms with van der Waals surface area (Å²) in [6.07, 6.45) is 1.68. The van der Waals surface area contributed by atoms with Crippen molar-refractivity contribution >= 4 is 17.9 Å². The molecule has 0 radical (unpaired) electrons. The van der Waals surface area contributed by atoms with Crippen LogP contribution in [0.4, 0.5) is 13.6 Å². The second kappa shape index (κ2) is 8.08. The summed E-state index contributed by atoms with van der Waals surface area (Å²) in [6, 6.07) is 1.46. The molecule has 2 aliphatic rings. The van der Waals surface area contributed by atoms with Crippen LogP contribution in [0.15, 0.2) is 12.1 Å². The maximum atomic E-state index is 15.0. The third-order valence-electron chi connectivity index (χ3n) is 5.22. The second-order valence-corrected chi connectivity index (χ2v) is 8.58. The molecule has 29 heavy (non-hydrogen) atoms. The van der Waals surface area contributed by atoms with Crippen molar-refractivity contribution in [2.45, 2.75) is 70.4 Å². The van der Waals surface area contributed by atoms with Crippen LogP contribution < -0.4 is 5.32 Å². The van der Waals surface area contributed by atoms with Crippen molar-refractivity contribution in [3.63, 3.8) is 0 Å². The Morgan fingerprint density at radius 3 is 2.41 bits per heavy atom. The molecule has 3 amide bonds. The number of nitrogens with one attached hydrogen (secondary N) is 1. The molecule has 1 N–H and O–H groups in total. The van der Waals surface area contributed by atoms with Gasteiger partial charge in [0.05, 0.1) is 12.0 Å². The van der Waals surface area contributed by atoms with Crippen LogP contribution in [-0.4, -0.2) is 35.0 Å². The number of hydrogen-bond donors (Lipinski definition) is 1. The van der Waals surface area contributed by atoms with E-state index in [1.165, 1.54) is 4.90 Å². The van der Waals surface area contributed by atoms with Gasteiger partial charge in [0.1, 0.15) is 17.2 Å². The van der Waals surface area contributed by atoms with Crippen molar-refractivity contribution < 1.29 is 27.9 Å². The average Bonchev–Trinajstić information content (AvgIpc) is 2.62. The Balaban J connectivity index is 1.89. The van der Waals surface area contributed by atoms with Gasteiger partial charge < -0.3 is 9.64 Å². The van der Waals surface area contributed by atoms with Gasteiger partial charge >= 0.3 is 6.09 Å². The lowest BCUT2D eigenvalue weighted by molar-refractivity contribution is -0.134. The standard InChI is InChI=1S/C21H26F2N2O4/c1-21(2,3)29-20(28)25-9-5-4-6-17(25)14-11-15(22)13(10-16(14)23)12-7-8-18(26)24-19(12)27/h10-12,17H,4-9H2,1-3H3,(H,24,26,27). The Hall–Kier alpha value is -2.51.